The number of benzene rings is 6. The number of halogens is 3. The van der Waals surface area contributed by atoms with E-state index in [9.17, 15) is 51.3 Å². The van der Waals surface area contributed by atoms with Crippen molar-refractivity contribution >= 4 is 98.9 Å². The predicted octanol–water partition coefficient (Wildman–Crippen LogP) is 7.66. The van der Waals surface area contributed by atoms with Crippen molar-refractivity contribution in [3.05, 3.63) is 167 Å². The molecule has 7 rings (SSSR count). The Morgan fingerprint density at radius 3 is 1.21 bits per heavy atom. The molecule has 3 N–H and O–H groups in total. The first-order valence-electron chi connectivity index (χ1n) is 19.5. The summed E-state index contributed by atoms with van der Waals surface area (Å²) in [6.07, 6.45) is 1.88. The molecule has 0 fully saturated rings. The van der Waals surface area contributed by atoms with E-state index >= 15 is 0 Å². The normalized spacial score (nSPS) is 10.6. The van der Waals surface area contributed by atoms with Gasteiger partial charge in [-0.25, -0.2) is 39.7 Å². The number of hydrogen-bond acceptors (Lipinski definition) is 19. The summed E-state index contributed by atoms with van der Waals surface area (Å²) in [4.78, 5) is 62.2. The molecule has 1 heterocycles. The Hall–Kier alpha value is -7.16. The van der Waals surface area contributed by atoms with Crippen LogP contribution in [-0.4, -0.2) is 114 Å². The molecule has 382 valence electrons. The zero-order chi connectivity index (χ0) is 54.8. The van der Waals surface area contributed by atoms with Crippen LogP contribution in [0, 0.1) is 0 Å². The van der Waals surface area contributed by atoms with Crippen molar-refractivity contribution in [1.29, 1.82) is 0 Å². The molecule has 0 saturated heterocycles. The fraction of sp³-hybridized carbons (Fsp3) is 0.106. The van der Waals surface area contributed by atoms with E-state index in [1.807, 2.05) is 13.6 Å². The lowest BCUT2D eigenvalue weighted by Gasteiger charge is -2.10. The largest absolute Gasteiger partial charge is 0.643 e. The van der Waals surface area contributed by atoms with E-state index < -0.39 is 49.3 Å². The van der Waals surface area contributed by atoms with Gasteiger partial charge >= 0.3 is 43.6 Å². The zero-order valence-electron chi connectivity index (χ0n) is 38.5. The van der Waals surface area contributed by atoms with Crippen molar-refractivity contribution in [2.45, 2.75) is 0 Å². The lowest BCUT2D eigenvalue weighted by atomic mass is 10.0. The molecular weight excluding hydrogens is 1070 g/mol. The Bertz CT molecular complexity index is 2970. The maximum absolute atomic E-state index is 12.4. The third-order valence-electron chi connectivity index (χ3n) is 8.27. The summed E-state index contributed by atoms with van der Waals surface area (Å²) in [6.45, 7) is 4.00. The van der Waals surface area contributed by atoms with Gasteiger partial charge in [0.05, 0.1) is 56.1 Å². The van der Waals surface area contributed by atoms with Gasteiger partial charge in [-0.3, -0.25) is 9.59 Å². The minimum atomic E-state index is -3.77. The van der Waals surface area contributed by atoms with Crippen molar-refractivity contribution in [3.63, 3.8) is 0 Å². The van der Waals surface area contributed by atoms with Gasteiger partial charge < -0.3 is 52.2 Å². The molecule has 6 aromatic rings. The average molecular weight is 1110 g/mol. The van der Waals surface area contributed by atoms with E-state index in [-0.39, 0.29) is 62.5 Å². The van der Waals surface area contributed by atoms with E-state index in [0.717, 1.165) is 12.5 Å². The van der Waals surface area contributed by atoms with Crippen LogP contribution in [0.3, 0.4) is 0 Å². The van der Waals surface area contributed by atoms with Crippen LogP contribution in [0.5, 0.6) is 46.0 Å². The van der Waals surface area contributed by atoms with Crippen molar-refractivity contribution < 1.29 is 88.2 Å². The number of cyclic esters (lactones) is 2. The van der Waals surface area contributed by atoms with Crippen molar-refractivity contribution in [2.24, 2.45) is 0 Å². The van der Waals surface area contributed by atoms with Crippen LogP contribution in [0.1, 0.15) is 52.6 Å². The number of aromatic hydroxyl groups is 3. The topological polar surface area (TPSA) is 287 Å². The number of ketones is 2. The third kappa shape index (κ3) is 21.1. The van der Waals surface area contributed by atoms with Gasteiger partial charge in [0.2, 0.25) is 0 Å². The maximum Gasteiger partial charge on any atom is 0.643 e. The van der Waals surface area contributed by atoms with Crippen LogP contribution in [0.25, 0.3) is 0 Å². The molecule has 0 atom stereocenters. The smallest absolute Gasteiger partial charge is 0.507 e. The molecule has 0 aromatic heterocycles. The molecule has 6 aromatic carbocycles. The van der Waals surface area contributed by atoms with E-state index in [0.29, 0.717) is 22.6 Å². The number of rotatable bonds is 11. The molecule has 0 aliphatic carbocycles. The minimum absolute atomic E-state index is 0.0854. The van der Waals surface area contributed by atoms with Crippen LogP contribution in [-0.2, 0) is 34.6 Å². The zero-order valence-corrected chi connectivity index (χ0v) is 43.6. The second kappa shape index (κ2) is 31.2. The lowest BCUT2D eigenvalue weighted by molar-refractivity contribution is -0.0987. The fourth-order valence-electron chi connectivity index (χ4n) is 5.40. The Morgan fingerprint density at radius 2 is 0.819 bits per heavy atom. The van der Waals surface area contributed by atoms with Crippen molar-refractivity contribution in [3.8, 4) is 46.0 Å². The van der Waals surface area contributed by atoms with Crippen LogP contribution >= 0.6 is 30.1 Å². The van der Waals surface area contributed by atoms with Gasteiger partial charge in [0.15, 0.2) is 46.1 Å². The van der Waals surface area contributed by atoms with Crippen LogP contribution < -0.4 is 22.6 Å². The maximum atomic E-state index is 12.4. The number of esters is 2. The van der Waals surface area contributed by atoms with Gasteiger partial charge in [-0.05, 0) is 84.9 Å². The quantitative estimate of drug-likeness (QED) is 0.0369. The highest BCUT2D eigenvalue weighted by Gasteiger charge is 2.28. The molecule has 0 amide bonds. The summed E-state index contributed by atoms with van der Waals surface area (Å²) in [5.74, 6) is -1.29. The number of carbonyl (C=O) groups is 6. The first kappa shape index (κ1) is 62.9. The van der Waals surface area contributed by atoms with Gasteiger partial charge in [0, 0.05) is 11.1 Å². The Kier molecular flexibility index (Phi) is 27.3. The highest BCUT2D eigenvalue weighted by atomic mass is 35.8. The van der Waals surface area contributed by atoms with Crippen molar-refractivity contribution in [2.75, 3.05) is 33.8 Å². The average Bonchev–Trinajstić information content (AvgIpc) is 3.64. The summed E-state index contributed by atoms with van der Waals surface area (Å²) in [7, 11) is 11.8. The van der Waals surface area contributed by atoms with Crippen LogP contribution in [0.15, 0.2) is 133 Å². The molecule has 1 aliphatic rings. The SMILES string of the molecule is C=O.C=O.COc1ccc(C(=O)c2ccccc2O)cc1O.COc1ccc(C(=O)c2ccccc2O)cc1OS(C)(=O)=O.COc1ccccc1OS(C)(=O)=O.O=C1OC(=O)c2ccccc21.[Cl][Al]([Cl])[Cl]. The number of phenols is 3. The second-order valence-corrected chi connectivity index (χ2v) is 22.7. The second-order valence-electron chi connectivity index (χ2n) is 13.1. The summed E-state index contributed by atoms with van der Waals surface area (Å²) in [5, 5.41) is 28.9. The number of ether oxygens (including phenoxy) is 4. The molecular formula is C47H44AlCl3O19S2. The number of methoxy groups -OCH3 is 3. The van der Waals surface area contributed by atoms with E-state index in [1.165, 1.54) is 88.1 Å². The highest BCUT2D eigenvalue weighted by molar-refractivity contribution is 7.86. The molecule has 1 aliphatic heterocycles. The van der Waals surface area contributed by atoms with Crippen LogP contribution in [0.2, 0.25) is 0 Å². The summed E-state index contributed by atoms with van der Waals surface area (Å²) >= 11 is -1.72. The Balaban J connectivity index is 0.000000469. The van der Waals surface area contributed by atoms with Crippen molar-refractivity contribution in [1.82, 2.24) is 0 Å². The van der Waals surface area contributed by atoms with E-state index in [2.05, 4.69) is 8.92 Å². The van der Waals surface area contributed by atoms with Crippen LogP contribution in [0.4, 0.5) is 0 Å². The first-order chi connectivity index (χ1) is 34.0. The monoisotopic (exact) mass is 1110 g/mol. The van der Waals surface area contributed by atoms with Gasteiger partial charge in [0.1, 0.15) is 25.1 Å². The molecule has 0 bridgehead atoms. The predicted molar refractivity (Wildman–Crippen MR) is 268 cm³/mol. The van der Waals surface area contributed by atoms with Gasteiger partial charge in [-0.15, -0.1) is 0 Å². The number of phenolic OH excluding ortho intramolecular Hbond substituents is 3. The Morgan fingerprint density at radius 1 is 0.486 bits per heavy atom. The number of para-hydroxylation sites is 4. The third-order valence-corrected chi connectivity index (χ3v) is 9.23. The number of hydrogen-bond donors (Lipinski definition) is 3. The first-order valence-corrected chi connectivity index (χ1v) is 28.3. The molecule has 25 heteroatoms. The standard InChI is InChI=1S/C15H14O6S.C14H12O4.C8H10O4S.C8H4O3.2CH2O.Al.3ClH/c1-20-13-8-7-10(9-14(13)21-22(2,18)19)15(17)11-5-3-4-6-12(11)16;1-18-13-7-6-9(8-12(13)16)14(17)10-4-2-3-5-11(10)15;1-11-7-5-3-4-6-8(7)12-13(2,9)10;9-7-5-3-1-2-4-6(5)8(10)11-7;2*1-2;;;;/h3-9,16H,1-2H3;2-8,15-16H,1H3;3-6H,1-2H3;1-4H;2*1H2;;3*1H/q;;;;;;+3;;;/p-3. The van der Waals surface area contributed by atoms with E-state index in [1.54, 1.807) is 66.7 Å². The van der Waals surface area contributed by atoms with E-state index in [4.69, 9.17) is 58.1 Å². The molecule has 0 spiro atoms. The van der Waals surface area contributed by atoms with Gasteiger partial charge in [0.25, 0.3) is 0 Å². The number of fused-ring (bicyclic) bond motifs is 1. The summed E-state index contributed by atoms with van der Waals surface area (Å²) < 4.78 is 72.8. The van der Waals surface area contributed by atoms with Gasteiger partial charge in [-0.1, -0.05) is 48.5 Å². The molecule has 0 radical (unpaired) electrons. The molecule has 19 nitrogen and oxygen atoms in total. The fourth-order valence-corrected chi connectivity index (χ4v) is 6.32. The summed E-state index contributed by atoms with van der Waals surface area (Å²) in [6, 6.07) is 33.9. The highest BCUT2D eigenvalue weighted by Crippen LogP contribution is 2.32. The molecule has 72 heavy (non-hydrogen) atoms. The molecule has 0 unspecified atom stereocenters. The minimum Gasteiger partial charge on any atom is -0.507 e. The van der Waals surface area contributed by atoms with Gasteiger partial charge in [-0.2, -0.15) is 16.8 Å². The lowest BCUT2D eigenvalue weighted by Crippen LogP contribution is -2.08. The molecule has 0 saturated carbocycles. The Labute approximate surface area is 431 Å². The number of carbonyl (C=O) groups excluding carboxylic acids is 6. The summed E-state index contributed by atoms with van der Waals surface area (Å²) in [5.41, 5.74) is 1.48.